The summed E-state index contributed by atoms with van der Waals surface area (Å²) in [6.07, 6.45) is 0.185. The van der Waals surface area contributed by atoms with Crippen molar-refractivity contribution >= 4 is 20.9 Å². The molecular weight excluding hydrogens is 427 g/mol. The molecule has 10 heteroatoms. The number of rotatable bonds is 7. The Balaban J connectivity index is 1.71. The number of nitrogens with one attached hydrogen (secondary N) is 1. The lowest BCUT2D eigenvalue weighted by Crippen LogP contribution is -2.34. The largest absolute Gasteiger partial charge is 0.486 e. The van der Waals surface area contributed by atoms with E-state index >= 15 is 0 Å². The van der Waals surface area contributed by atoms with Crippen LogP contribution in [0.25, 0.3) is 10.9 Å². The molecule has 0 spiro atoms. The summed E-state index contributed by atoms with van der Waals surface area (Å²) >= 11 is 0. The van der Waals surface area contributed by atoms with Crippen LogP contribution in [0.2, 0.25) is 0 Å². The highest BCUT2D eigenvalue weighted by atomic mass is 32.2. The van der Waals surface area contributed by atoms with Gasteiger partial charge < -0.3 is 19.6 Å². The molecule has 1 aliphatic heterocycles. The molecule has 0 bridgehead atoms. The average molecular weight is 448 g/mol. The molecule has 0 unspecified atom stereocenters. The van der Waals surface area contributed by atoms with Gasteiger partial charge in [0.2, 0.25) is 10.0 Å². The van der Waals surface area contributed by atoms with Crippen molar-refractivity contribution in [1.29, 1.82) is 0 Å². The van der Waals surface area contributed by atoms with Crippen molar-refractivity contribution in [2.24, 2.45) is 0 Å². The number of benzene rings is 2. The van der Waals surface area contributed by atoms with Crippen LogP contribution in [0.1, 0.15) is 12.0 Å². The molecule has 31 heavy (non-hydrogen) atoms. The van der Waals surface area contributed by atoms with Gasteiger partial charge in [0.05, 0.1) is 10.4 Å². The van der Waals surface area contributed by atoms with Crippen LogP contribution in [0, 0.1) is 5.82 Å². The van der Waals surface area contributed by atoms with E-state index in [-0.39, 0.29) is 36.6 Å². The molecule has 2 N–H and O–H groups in total. The van der Waals surface area contributed by atoms with E-state index in [4.69, 9.17) is 9.47 Å². The number of aromatic amines is 1. The second-order valence-electron chi connectivity index (χ2n) is 7.08. The molecular formula is C21H21FN2O6S. The molecule has 0 fully saturated rings. The molecule has 8 nitrogen and oxygen atoms in total. The summed E-state index contributed by atoms with van der Waals surface area (Å²) in [5.74, 6) is 0.528. The fourth-order valence-electron chi connectivity index (χ4n) is 3.38. The molecule has 0 amide bonds. The highest BCUT2D eigenvalue weighted by Crippen LogP contribution is 2.33. The van der Waals surface area contributed by atoms with Crippen molar-refractivity contribution in [3.63, 3.8) is 0 Å². The second-order valence-corrected chi connectivity index (χ2v) is 9.01. The van der Waals surface area contributed by atoms with Crippen molar-refractivity contribution in [1.82, 2.24) is 9.29 Å². The highest BCUT2D eigenvalue weighted by molar-refractivity contribution is 7.89. The Labute approximate surface area is 177 Å². The lowest BCUT2D eigenvalue weighted by atomic mass is 10.1. The van der Waals surface area contributed by atoms with E-state index in [2.05, 4.69) is 4.98 Å². The van der Waals surface area contributed by atoms with Crippen molar-refractivity contribution < 1.29 is 27.4 Å². The quantitative estimate of drug-likeness (QED) is 0.572. The molecule has 4 rings (SSSR count). The van der Waals surface area contributed by atoms with Gasteiger partial charge in [0, 0.05) is 36.7 Å². The van der Waals surface area contributed by atoms with Crippen molar-refractivity contribution in [2.75, 3.05) is 26.4 Å². The van der Waals surface area contributed by atoms with Gasteiger partial charge in [0.1, 0.15) is 19.0 Å². The van der Waals surface area contributed by atoms with Crippen LogP contribution in [-0.4, -0.2) is 49.2 Å². The molecule has 2 aromatic carbocycles. The number of hydrogen-bond donors (Lipinski definition) is 2. The van der Waals surface area contributed by atoms with Crippen LogP contribution in [0.3, 0.4) is 0 Å². The topological polar surface area (TPSA) is 109 Å². The fraction of sp³-hybridized carbons (Fsp3) is 0.286. The third-order valence-corrected chi connectivity index (χ3v) is 6.81. The van der Waals surface area contributed by atoms with Crippen molar-refractivity contribution in [3.8, 4) is 11.5 Å². The molecule has 0 saturated carbocycles. The summed E-state index contributed by atoms with van der Waals surface area (Å²) in [5.41, 5.74) is 0.335. The number of nitrogens with zero attached hydrogens (tertiary/aromatic N) is 1. The van der Waals surface area contributed by atoms with Crippen LogP contribution < -0.4 is 15.0 Å². The predicted octanol–water partition coefficient (Wildman–Crippen LogP) is 2.01. The number of hydrogen-bond acceptors (Lipinski definition) is 6. The SMILES string of the molecule is O=c1[nH]c2cc3c(cc2cc1CN(CCCO)S(=O)(=O)c1ccc(F)cc1)OCCO3. The average Bonchev–Trinajstić information content (AvgIpc) is 2.75. The van der Waals surface area contributed by atoms with Gasteiger partial charge in [0.15, 0.2) is 11.5 Å². The molecule has 0 aliphatic carbocycles. The first-order valence-corrected chi connectivity index (χ1v) is 11.1. The van der Waals surface area contributed by atoms with Gasteiger partial charge >= 0.3 is 0 Å². The predicted molar refractivity (Wildman–Crippen MR) is 111 cm³/mol. The maximum Gasteiger partial charge on any atom is 0.252 e. The summed E-state index contributed by atoms with van der Waals surface area (Å²) in [7, 11) is -4.01. The van der Waals surface area contributed by atoms with E-state index in [9.17, 15) is 22.7 Å². The van der Waals surface area contributed by atoms with Crippen LogP contribution in [0.15, 0.2) is 52.2 Å². The van der Waals surface area contributed by atoms with E-state index in [0.29, 0.717) is 35.6 Å². The summed E-state index contributed by atoms with van der Waals surface area (Å²) < 4.78 is 51.6. The zero-order chi connectivity index (χ0) is 22.0. The van der Waals surface area contributed by atoms with Gasteiger partial charge in [-0.2, -0.15) is 4.31 Å². The second kappa shape index (κ2) is 8.66. The smallest absolute Gasteiger partial charge is 0.252 e. The zero-order valence-electron chi connectivity index (χ0n) is 16.5. The van der Waals surface area contributed by atoms with Crippen LogP contribution in [0.4, 0.5) is 4.39 Å². The van der Waals surface area contributed by atoms with Crippen molar-refractivity contribution in [2.45, 2.75) is 17.9 Å². The van der Waals surface area contributed by atoms with Gasteiger partial charge in [-0.25, -0.2) is 12.8 Å². The normalized spacial score (nSPS) is 13.6. The first kappa shape index (κ1) is 21.3. The molecule has 0 saturated heterocycles. The lowest BCUT2D eigenvalue weighted by Gasteiger charge is -2.22. The van der Waals surface area contributed by atoms with Crippen LogP contribution >= 0.6 is 0 Å². The number of pyridine rings is 1. The Morgan fingerprint density at radius 2 is 1.74 bits per heavy atom. The minimum Gasteiger partial charge on any atom is -0.486 e. The number of aromatic nitrogens is 1. The summed E-state index contributed by atoms with van der Waals surface area (Å²) in [6, 6.07) is 9.48. The van der Waals surface area contributed by atoms with Crippen LogP contribution in [-0.2, 0) is 16.6 Å². The lowest BCUT2D eigenvalue weighted by molar-refractivity contribution is 0.172. The van der Waals surface area contributed by atoms with E-state index < -0.39 is 21.4 Å². The highest BCUT2D eigenvalue weighted by Gasteiger charge is 2.25. The van der Waals surface area contributed by atoms with Gasteiger partial charge in [-0.3, -0.25) is 4.79 Å². The van der Waals surface area contributed by atoms with Crippen molar-refractivity contribution in [3.05, 3.63) is 64.2 Å². The first-order chi connectivity index (χ1) is 14.9. The zero-order valence-corrected chi connectivity index (χ0v) is 17.3. The Morgan fingerprint density at radius 3 is 2.42 bits per heavy atom. The summed E-state index contributed by atoms with van der Waals surface area (Å²) in [4.78, 5) is 15.3. The minimum absolute atomic E-state index is 0.00513. The number of aliphatic hydroxyl groups excluding tert-OH is 1. The Kier molecular flexibility index (Phi) is 5.94. The molecule has 2 heterocycles. The Bertz CT molecular complexity index is 1260. The van der Waals surface area contributed by atoms with E-state index in [1.54, 1.807) is 18.2 Å². The third-order valence-electron chi connectivity index (χ3n) is 4.95. The number of aliphatic hydroxyl groups is 1. The standard InChI is InChI=1S/C21H21FN2O6S/c22-16-2-4-17(5-3-16)31(27,28)24(6-1-7-25)13-15-10-14-11-19-20(30-9-8-29-19)12-18(14)23-21(15)26/h2-5,10-12,25H,1,6-9,13H2,(H,23,26). The number of H-pyrrole nitrogens is 1. The Hall–Kier alpha value is -2.95. The fourth-order valence-corrected chi connectivity index (χ4v) is 4.84. The molecule has 3 aromatic rings. The van der Waals surface area contributed by atoms with E-state index in [0.717, 1.165) is 16.4 Å². The number of halogens is 1. The van der Waals surface area contributed by atoms with Gasteiger partial charge in [-0.15, -0.1) is 0 Å². The summed E-state index contributed by atoms with van der Waals surface area (Å²) in [5, 5.41) is 9.86. The molecule has 164 valence electrons. The first-order valence-electron chi connectivity index (χ1n) is 9.70. The molecule has 1 aliphatic rings. The maximum absolute atomic E-state index is 13.2. The molecule has 0 radical (unpaired) electrons. The number of ether oxygens (including phenoxy) is 2. The minimum atomic E-state index is -4.01. The van der Waals surface area contributed by atoms with Gasteiger partial charge in [-0.05, 0) is 42.8 Å². The number of fused-ring (bicyclic) bond motifs is 2. The molecule has 0 atom stereocenters. The Morgan fingerprint density at radius 1 is 1.06 bits per heavy atom. The van der Waals surface area contributed by atoms with E-state index in [1.165, 1.54) is 12.1 Å². The van der Waals surface area contributed by atoms with Gasteiger partial charge in [0.25, 0.3) is 5.56 Å². The van der Waals surface area contributed by atoms with E-state index in [1.807, 2.05) is 0 Å². The number of sulfonamides is 1. The maximum atomic E-state index is 13.2. The van der Waals surface area contributed by atoms with Gasteiger partial charge in [-0.1, -0.05) is 0 Å². The monoisotopic (exact) mass is 448 g/mol. The van der Waals surface area contributed by atoms with Crippen LogP contribution in [0.5, 0.6) is 11.5 Å². The third kappa shape index (κ3) is 4.41. The molecule has 1 aromatic heterocycles. The summed E-state index contributed by atoms with van der Waals surface area (Å²) in [6.45, 7) is 0.405.